The number of nitrogens with one attached hydrogen (secondary N) is 1. The van der Waals surface area contributed by atoms with Crippen molar-refractivity contribution >= 4 is 11.7 Å². The summed E-state index contributed by atoms with van der Waals surface area (Å²) in [5.74, 6) is -0.419. The molecule has 5 N–H and O–H groups in total. The lowest BCUT2D eigenvalue weighted by atomic mass is 10.1. The van der Waals surface area contributed by atoms with Gasteiger partial charge in [0, 0.05) is 13.0 Å². The van der Waals surface area contributed by atoms with Crippen LogP contribution in [0.2, 0.25) is 0 Å². The second-order valence-electron chi connectivity index (χ2n) is 3.62. The maximum absolute atomic E-state index is 11.6. The third-order valence-electron chi connectivity index (χ3n) is 2.19. The number of phenols is 1. The fraction of sp³-hybridized carbons (Fsp3) is 0.273. The molecule has 0 bridgehead atoms. The van der Waals surface area contributed by atoms with E-state index in [1.807, 2.05) is 6.92 Å². The maximum atomic E-state index is 11.6. The van der Waals surface area contributed by atoms with Crippen molar-refractivity contribution in [1.29, 1.82) is 0 Å². The number of amides is 1. The molecule has 0 aliphatic carbocycles. The molecule has 0 aromatic heterocycles. The van der Waals surface area contributed by atoms with Gasteiger partial charge in [0.1, 0.15) is 11.6 Å². The molecule has 17 heavy (non-hydrogen) atoms. The first kappa shape index (κ1) is 12.8. The van der Waals surface area contributed by atoms with Crippen molar-refractivity contribution in [2.24, 2.45) is 10.9 Å². The first-order chi connectivity index (χ1) is 8.04. The number of amidine groups is 1. The number of carbonyl (C=O) groups is 1. The highest BCUT2D eigenvalue weighted by Crippen LogP contribution is 2.17. The highest BCUT2D eigenvalue weighted by Gasteiger charge is 2.10. The zero-order valence-corrected chi connectivity index (χ0v) is 9.47. The van der Waals surface area contributed by atoms with Gasteiger partial charge in [-0.3, -0.25) is 4.79 Å². The number of oxime groups is 1. The summed E-state index contributed by atoms with van der Waals surface area (Å²) in [7, 11) is 0. The van der Waals surface area contributed by atoms with Crippen LogP contribution in [0.5, 0.6) is 5.75 Å². The molecular weight excluding hydrogens is 222 g/mol. The number of phenolic OH excluding ortho intramolecular Hbond substituents is 1. The average Bonchev–Trinajstić information content (AvgIpc) is 2.28. The lowest BCUT2D eigenvalue weighted by Crippen LogP contribution is -2.28. The van der Waals surface area contributed by atoms with Crippen LogP contribution in [0.4, 0.5) is 0 Å². The Labute approximate surface area is 98.7 Å². The number of carbonyl (C=O) groups excluding carboxylic acids is 1. The summed E-state index contributed by atoms with van der Waals surface area (Å²) in [6.45, 7) is 2.06. The summed E-state index contributed by atoms with van der Waals surface area (Å²) >= 11 is 0. The molecule has 0 aliphatic rings. The molecule has 0 saturated heterocycles. The topological polar surface area (TPSA) is 108 Å². The number of nitrogens with two attached hydrogens (primary N) is 1. The van der Waals surface area contributed by atoms with E-state index in [-0.39, 0.29) is 30.1 Å². The predicted octanol–water partition coefficient (Wildman–Crippen LogP) is 0.567. The molecule has 0 fully saturated rings. The minimum absolute atomic E-state index is 0.0402. The second-order valence-corrected chi connectivity index (χ2v) is 3.62. The highest BCUT2D eigenvalue weighted by atomic mass is 16.4. The molecule has 1 aromatic carbocycles. The van der Waals surface area contributed by atoms with Crippen molar-refractivity contribution in [2.75, 3.05) is 6.54 Å². The van der Waals surface area contributed by atoms with Crippen LogP contribution in [0.15, 0.2) is 23.4 Å². The van der Waals surface area contributed by atoms with Gasteiger partial charge in [-0.25, -0.2) is 0 Å². The summed E-state index contributed by atoms with van der Waals surface area (Å²) in [4.78, 5) is 11.6. The van der Waals surface area contributed by atoms with Crippen LogP contribution in [0.3, 0.4) is 0 Å². The van der Waals surface area contributed by atoms with Crippen LogP contribution in [-0.4, -0.2) is 28.6 Å². The quantitative estimate of drug-likeness (QED) is 0.265. The summed E-state index contributed by atoms with van der Waals surface area (Å²) in [6.07, 6.45) is 0.245. The normalized spacial score (nSPS) is 11.2. The van der Waals surface area contributed by atoms with E-state index in [1.54, 1.807) is 12.1 Å². The number of rotatable bonds is 4. The fourth-order valence-electron chi connectivity index (χ4n) is 1.28. The van der Waals surface area contributed by atoms with Crippen LogP contribution < -0.4 is 11.1 Å². The Bertz CT molecular complexity index is 444. The number of hydrogen-bond donors (Lipinski definition) is 4. The van der Waals surface area contributed by atoms with Gasteiger partial charge in [-0.15, -0.1) is 0 Å². The van der Waals surface area contributed by atoms with Gasteiger partial charge in [0.2, 0.25) is 0 Å². The van der Waals surface area contributed by atoms with Gasteiger partial charge in [0.15, 0.2) is 0 Å². The number of aryl methyl sites for hydroxylation is 1. The minimum Gasteiger partial charge on any atom is -0.507 e. The molecule has 1 rings (SSSR count). The van der Waals surface area contributed by atoms with Crippen LogP contribution in [0.25, 0.3) is 0 Å². The molecule has 0 atom stereocenters. The van der Waals surface area contributed by atoms with Crippen LogP contribution >= 0.6 is 0 Å². The standard InChI is InChI=1S/C11H15N3O3/c1-7-2-3-8(9(15)6-7)11(16)13-5-4-10(12)14-17/h2-3,6,15,17H,4-5H2,1H3,(H2,12,14)(H,13,16). The first-order valence-electron chi connectivity index (χ1n) is 5.09. The van der Waals surface area contributed by atoms with E-state index in [4.69, 9.17) is 10.9 Å². The molecule has 1 aromatic rings. The average molecular weight is 237 g/mol. The van der Waals surface area contributed by atoms with Crippen molar-refractivity contribution in [3.05, 3.63) is 29.3 Å². The SMILES string of the molecule is Cc1ccc(C(=O)NCCC(N)=NO)c(O)c1. The summed E-state index contributed by atoms with van der Waals surface area (Å²) < 4.78 is 0. The lowest BCUT2D eigenvalue weighted by molar-refractivity contribution is 0.0952. The Hall–Kier alpha value is -2.24. The van der Waals surface area contributed by atoms with Gasteiger partial charge in [-0.1, -0.05) is 11.2 Å². The van der Waals surface area contributed by atoms with Gasteiger partial charge in [0.05, 0.1) is 5.56 Å². The van der Waals surface area contributed by atoms with E-state index >= 15 is 0 Å². The maximum Gasteiger partial charge on any atom is 0.255 e. The number of benzene rings is 1. The molecule has 1 amide bonds. The van der Waals surface area contributed by atoms with Gasteiger partial charge in [-0.2, -0.15) is 0 Å². The molecule has 0 saturated carbocycles. The van der Waals surface area contributed by atoms with Gasteiger partial charge in [-0.05, 0) is 24.6 Å². The summed E-state index contributed by atoms with van der Waals surface area (Å²) in [5, 5.41) is 23.2. The smallest absolute Gasteiger partial charge is 0.255 e. The molecular formula is C11H15N3O3. The van der Waals surface area contributed by atoms with Crippen molar-refractivity contribution in [3.63, 3.8) is 0 Å². The molecule has 0 heterocycles. The van der Waals surface area contributed by atoms with E-state index in [0.717, 1.165) is 5.56 Å². The molecule has 6 nitrogen and oxygen atoms in total. The van der Waals surface area contributed by atoms with E-state index in [0.29, 0.717) is 0 Å². The van der Waals surface area contributed by atoms with Crippen molar-refractivity contribution in [1.82, 2.24) is 5.32 Å². The van der Waals surface area contributed by atoms with E-state index in [9.17, 15) is 9.90 Å². The Kier molecular flexibility index (Phi) is 4.33. The lowest BCUT2D eigenvalue weighted by Gasteiger charge is -2.06. The van der Waals surface area contributed by atoms with Gasteiger partial charge in [0.25, 0.3) is 5.91 Å². The summed E-state index contributed by atoms with van der Waals surface area (Å²) in [5.41, 5.74) is 6.32. The zero-order valence-electron chi connectivity index (χ0n) is 9.47. The Morgan fingerprint density at radius 1 is 1.53 bits per heavy atom. The molecule has 0 spiro atoms. The third-order valence-corrected chi connectivity index (χ3v) is 2.19. The van der Waals surface area contributed by atoms with E-state index in [1.165, 1.54) is 6.07 Å². The zero-order chi connectivity index (χ0) is 12.8. The minimum atomic E-state index is -0.395. The third kappa shape index (κ3) is 3.67. The van der Waals surface area contributed by atoms with Gasteiger partial charge < -0.3 is 21.4 Å². The van der Waals surface area contributed by atoms with Crippen LogP contribution in [0.1, 0.15) is 22.3 Å². The molecule has 6 heteroatoms. The second kappa shape index (κ2) is 5.74. The molecule has 0 aliphatic heterocycles. The number of nitrogens with zero attached hydrogens (tertiary/aromatic N) is 1. The molecule has 92 valence electrons. The highest BCUT2D eigenvalue weighted by molar-refractivity contribution is 5.97. The van der Waals surface area contributed by atoms with Crippen molar-refractivity contribution < 1.29 is 15.1 Å². The number of hydrogen-bond acceptors (Lipinski definition) is 4. The van der Waals surface area contributed by atoms with Crippen molar-refractivity contribution in [3.8, 4) is 5.75 Å². The molecule has 0 radical (unpaired) electrons. The van der Waals surface area contributed by atoms with Crippen LogP contribution in [0, 0.1) is 6.92 Å². The van der Waals surface area contributed by atoms with E-state index < -0.39 is 5.91 Å². The first-order valence-corrected chi connectivity index (χ1v) is 5.09. The fourth-order valence-corrected chi connectivity index (χ4v) is 1.28. The van der Waals surface area contributed by atoms with E-state index in [2.05, 4.69) is 10.5 Å². The largest absolute Gasteiger partial charge is 0.507 e. The predicted molar refractivity (Wildman–Crippen MR) is 63.2 cm³/mol. The number of aromatic hydroxyl groups is 1. The summed E-state index contributed by atoms with van der Waals surface area (Å²) in [6, 6.07) is 4.79. The van der Waals surface area contributed by atoms with Crippen molar-refractivity contribution in [2.45, 2.75) is 13.3 Å². The Morgan fingerprint density at radius 2 is 2.24 bits per heavy atom. The Balaban J connectivity index is 2.58. The van der Waals surface area contributed by atoms with Gasteiger partial charge >= 0.3 is 0 Å². The molecule has 0 unspecified atom stereocenters. The monoisotopic (exact) mass is 237 g/mol. The Morgan fingerprint density at radius 3 is 2.82 bits per heavy atom. The van der Waals surface area contributed by atoms with Crippen LogP contribution in [-0.2, 0) is 0 Å².